The van der Waals surface area contributed by atoms with E-state index in [2.05, 4.69) is 0 Å². The molecule has 0 saturated carbocycles. The van der Waals surface area contributed by atoms with E-state index in [4.69, 9.17) is 13.9 Å². The molecule has 5 nitrogen and oxygen atoms in total. The number of hydrogen-bond donors (Lipinski definition) is 0. The minimum Gasteiger partial charge on any atom is -0.453 e. The monoisotopic (exact) mass is 339 g/mol. The molecule has 0 amide bonds. The highest BCUT2D eigenvalue weighted by Gasteiger charge is 2.21. The maximum absolute atomic E-state index is 12.4. The second-order valence-electron chi connectivity index (χ2n) is 5.14. The fraction of sp³-hybridized carbons (Fsp3) is 0.0556. The first-order valence-corrected chi connectivity index (χ1v) is 8.50. The SMILES string of the molecule is Cc1ccc(S(=O)(=O)OC(=CC#N)c2cc3ccccc3o2)cc1. The van der Waals surface area contributed by atoms with Crippen molar-refractivity contribution < 1.29 is 17.0 Å². The Hall–Kier alpha value is -3.04. The van der Waals surface area contributed by atoms with E-state index in [1.807, 2.05) is 19.1 Å². The van der Waals surface area contributed by atoms with Gasteiger partial charge in [0.2, 0.25) is 0 Å². The molecule has 1 aromatic heterocycles. The topological polar surface area (TPSA) is 80.3 Å². The van der Waals surface area contributed by atoms with Crippen LogP contribution in [-0.4, -0.2) is 8.42 Å². The Morgan fingerprint density at radius 3 is 2.54 bits per heavy atom. The zero-order valence-electron chi connectivity index (χ0n) is 12.8. The van der Waals surface area contributed by atoms with Crippen molar-refractivity contribution in [2.45, 2.75) is 11.8 Å². The molecular weight excluding hydrogens is 326 g/mol. The third kappa shape index (κ3) is 3.16. The number of nitrogens with zero attached hydrogens (tertiary/aromatic N) is 1. The van der Waals surface area contributed by atoms with Crippen LogP contribution in [0, 0.1) is 18.3 Å². The van der Waals surface area contributed by atoms with Crippen molar-refractivity contribution in [2.75, 3.05) is 0 Å². The Balaban J connectivity index is 1.99. The average Bonchev–Trinajstić information content (AvgIpc) is 2.99. The molecule has 1 heterocycles. The van der Waals surface area contributed by atoms with Gasteiger partial charge in [0.15, 0.2) is 11.5 Å². The summed E-state index contributed by atoms with van der Waals surface area (Å²) in [6.45, 7) is 1.85. The maximum Gasteiger partial charge on any atom is 0.339 e. The number of fused-ring (bicyclic) bond motifs is 1. The number of nitriles is 1. The second kappa shape index (κ2) is 6.22. The average molecular weight is 339 g/mol. The zero-order chi connectivity index (χ0) is 17.2. The minimum absolute atomic E-state index is 0.00745. The van der Waals surface area contributed by atoms with E-state index in [-0.39, 0.29) is 16.4 Å². The van der Waals surface area contributed by atoms with Gasteiger partial charge in [-0.3, -0.25) is 0 Å². The molecule has 3 rings (SSSR count). The Morgan fingerprint density at radius 2 is 1.88 bits per heavy atom. The zero-order valence-corrected chi connectivity index (χ0v) is 13.6. The number of aryl methyl sites for hydroxylation is 1. The predicted octanol–water partition coefficient (Wildman–Crippen LogP) is 4.01. The van der Waals surface area contributed by atoms with Crippen molar-refractivity contribution in [1.29, 1.82) is 5.26 Å². The number of furan rings is 1. The molecule has 0 atom stereocenters. The number of hydrogen-bond acceptors (Lipinski definition) is 5. The molecule has 0 bridgehead atoms. The molecule has 0 unspecified atom stereocenters. The summed E-state index contributed by atoms with van der Waals surface area (Å²) in [5.41, 5.74) is 1.51. The Bertz CT molecular complexity index is 1020. The van der Waals surface area contributed by atoms with Crippen LogP contribution >= 0.6 is 0 Å². The Kier molecular flexibility index (Phi) is 4.11. The van der Waals surface area contributed by atoms with Crippen LogP contribution < -0.4 is 0 Å². The molecule has 0 saturated heterocycles. The largest absolute Gasteiger partial charge is 0.453 e. The van der Waals surface area contributed by atoms with Crippen LogP contribution in [-0.2, 0) is 14.3 Å². The molecule has 6 heteroatoms. The van der Waals surface area contributed by atoms with Gasteiger partial charge >= 0.3 is 10.1 Å². The minimum atomic E-state index is -4.06. The van der Waals surface area contributed by atoms with E-state index >= 15 is 0 Å². The predicted molar refractivity (Wildman–Crippen MR) is 89.3 cm³/mol. The van der Waals surface area contributed by atoms with Gasteiger partial charge in [-0.15, -0.1) is 0 Å². The lowest BCUT2D eigenvalue weighted by Crippen LogP contribution is -2.05. The summed E-state index contributed by atoms with van der Waals surface area (Å²) >= 11 is 0. The van der Waals surface area contributed by atoms with Crippen LogP contribution in [0.2, 0.25) is 0 Å². The van der Waals surface area contributed by atoms with Gasteiger partial charge in [-0.2, -0.15) is 13.7 Å². The van der Waals surface area contributed by atoms with E-state index in [1.54, 1.807) is 36.4 Å². The second-order valence-corrected chi connectivity index (χ2v) is 6.68. The molecule has 120 valence electrons. The Labute approximate surface area is 139 Å². The highest BCUT2D eigenvalue weighted by molar-refractivity contribution is 7.87. The lowest BCUT2D eigenvalue weighted by Gasteiger charge is -2.08. The lowest BCUT2D eigenvalue weighted by molar-refractivity contribution is 0.446. The van der Waals surface area contributed by atoms with E-state index in [0.29, 0.717) is 5.58 Å². The molecule has 24 heavy (non-hydrogen) atoms. The fourth-order valence-corrected chi connectivity index (χ4v) is 3.10. The van der Waals surface area contributed by atoms with Gasteiger partial charge < -0.3 is 8.60 Å². The molecule has 0 spiro atoms. The molecule has 0 radical (unpaired) electrons. The third-order valence-corrected chi connectivity index (χ3v) is 4.62. The van der Waals surface area contributed by atoms with E-state index in [1.165, 1.54) is 12.1 Å². The summed E-state index contributed by atoms with van der Waals surface area (Å²) in [4.78, 5) is 0.00745. The molecule has 0 aliphatic heterocycles. The molecule has 2 aromatic carbocycles. The molecule has 0 fully saturated rings. The van der Waals surface area contributed by atoms with Crippen LogP contribution in [0.4, 0.5) is 0 Å². The van der Waals surface area contributed by atoms with Crippen LogP contribution in [0.5, 0.6) is 0 Å². The third-order valence-electron chi connectivity index (χ3n) is 3.37. The smallest absolute Gasteiger partial charge is 0.339 e. The first-order chi connectivity index (χ1) is 11.5. The number of benzene rings is 2. The van der Waals surface area contributed by atoms with Crippen molar-refractivity contribution >= 4 is 26.8 Å². The standard InChI is InChI=1S/C18H13NO4S/c1-13-6-8-15(9-7-13)24(20,21)23-17(10-11-19)18-12-14-4-2-3-5-16(14)22-18/h2-10,12H,1H3. The molecule has 0 aliphatic carbocycles. The molecule has 0 N–H and O–H groups in total. The number of rotatable bonds is 4. The van der Waals surface area contributed by atoms with Gasteiger partial charge in [0.1, 0.15) is 10.5 Å². The van der Waals surface area contributed by atoms with Crippen molar-refractivity contribution in [3.63, 3.8) is 0 Å². The summed E-state index contributed by atoms with van der Waals surface area (Å²) in [6.07, 6.45) is 1.00. The van der Waals surface area contributed by atoms with Gasteiger partial charge in [-0.25, -0.2) is 0 Å². The number of allylic oxidation sites excluding steroid dienone is 1. The van der Waals surface area contributed by atoms with Crippen molar-refractivity contribution in [3.05, 3.63) is 72.0 Å². The quantitative estimate of drug-likeness (QED) is 0.407. The van der Waals surface area contributed by atoms with Gasteiger partial charge in [0, 0.05) is 5.39 Å². The highest BCUT2D eigenvalue weighted by Crippen LogP contribution is 2.28. The first-order valence-electron chi connectivity index (χ1n) is 7.09. The van der Waals surface area contributed by atoms with Crippen LogP contribution in [0.3, 0.4) is 0 Å². The van der Waals surface area contributed by atoms with Crippen LogP contribution in [0.15, 0.2) is 70.0 Å². The van der Waals surface area contributed by atoms with Gasteiger partial charge in [0.25, 0.3) is 0 Å². The number of para-hydroxylation sites is 1. The molecular formula is C18H13NO4S. The summed E-state index contributed by atoms with van der Waals surface area (Å²) < 4.78 is 35.5. The first kappa shape index (κ1) is 15.8. The Morgan fingerprint density at radius 1 is 1.17 bits per heavy atom. The van der Waals surface area contributed by atoms with Gasteiger partial charge in [-0.05, 0) is 31.2 Å². The molecule has 3 aromatic rings. The van der Waals surface area contributed by atoms with Crippen molar-refractivity contribution in [2.24, 2.45) is 0 Å². The summed E-state index contributed by atoms with van der Waals surface area (Å²) in [6, 6.07) is 16.9. The van der Waals surface area contributed by atoms with E-state index < -0.39 is 10.1 Å². The van der Waals surface area contributed by atoms with Crippen molar-refractivity contribution in [1.82, 2.24) is 0 Å². The van der Waals surface area contributed by atoms with E-state index in [9.17, 15) is 8.42 Å². The lowest BCUT2D eigenvalue weighted by atomic mass is 10.2. The van der Waals surface area contributed by atoms with Gasteiger partial charge in [-0.1, -0.05) is 35.9 Å². The normalized spacial score (nSPS) is 12.1. The summed E-state index contributed by atoms with van der Waals surface area (Å²) in [7, 11) is -4.06. The van der Waals surface area contributed by atoms with Gasteiger partial charge in [0.05, 0.1) is 12.1 Å². The van der Waals surface area contributed by atoms with Crippen LogP contribution in [0.25, 0.3) is 16.7 Å². The van der Waals surface area contributed by atoms with Crippen LogP contribution in [0.1, 0.15) is 11.3 Å². The summed E-state index contributed by atoms with van der Waals surface area (Å²) in [5, 5.41) is 9.72. The summed E-state index contributed by atoms with van der Waals surface area (Å²) in [5.74, 6) is 0.0164. The molecule has 0 aliphatic rings. The highest BCUT2D eigenvalue weighted by atomic mass is 32.2. The van der Waals surface area contributed by atoms with E-state index in [0.717, 1.165) is 17.0 Å². The fourth-order valence-electron chi connectivity index (χ4n) is 2.17. The maximum atomic E-state index is 12.4. The van der Waals surface area contributed by atoms with Crippen molar-refractivity contribution in [3.8, 4) is 6.07 Å².